The molecule has 6 rings (SSSR count). The molecule has 54 heavy (non-hydrogen) atoms. The zero-order chi connectivity index (χ0) is 38.8. The van der Waals surface area contributed by atoms with Gasteiger partial charge < -0.3 is 39.4 Å². The minimum atomic E-state index is -0.753. The van der Waals surface area contributed by atoms with Gasteiger partial charge in [-0.1, -0.05) is 37.6 Å². The van der Waals surface area contributed by atoms with Crippen molar-refractivity contribution >= 4 is 29.8 Å². The molecule has 2 aliphatic heterocycles. The van der Waals surface area contributed by atoms with E-state index in [1.807, 2.05) is 18.2 Å². The van der Waals surface area contributed by atoms with Gasteiger partial charge in [0, 0.05) is 31.4 Å². The van der Waals surface area contributed by atoms with Gasteiger partial charge in [0.1, 0.15) is 30.7 Å². The highest BCUT2D eigenvalue weighted by atomic mass is 16.7. The van der Waals surface area contributed by atoms with Crippen molar-refractivity contribution in [2.45, 2.75) is 141 Å². The first kappa shape index (κ1) is 40.1. The molecule has 1 unspecified atom stereocenters. The van der Waals surface area contributed by atoms with Gasteiger partial charge in [-0.3, -0.25) is 14.4 Å². The molecule has 1 aromatic carbocycles. The van der Waals surface area contributed by atoms with Crippen molar-refractivity contribution in [2.75, 3.05) is 19.9 Å². The number of fused-ring (bicyclic) bond motifs is 3. The molecule has 8 atom stereocenters. The number of aliphatic hydroxyl groups excluding tert-OH is 1. The number of carbonyl (C=O) groups excluding carboxylic acids is 4. The Morgan fingerprint density at radius 1 is 1.09 bits per heavy atom. The van der Waals surface area contributed by atoms with E-state index in [0.717, 1.165) is 37.7 Å². The summed E-state index contributed by atoms with van der Waals surface area (Å²) < 4.78 is 28.9. The number of hydrogen-bond acceptors (Lipinski definition) is 10. The maximum absolute atomic E-state index is 13.6. The third-order valence-corrected chi connectivity index (χ3v) is 11.8. The van der Waals surface area contributed by atoms with Crippen LogP contribution in [-0.2, 0) is 38.1 Å². The second-order valence-corrected chi connectivity index (χ2v) is 17.5. The van der Waals surface area contributed by atoms with E-state index >= 15 is 0 Å². The van der Waals surface area contributed by atoms with Gasteiger partial charge in [0.25, 0.3) is 0 Å². The molecule has 2 saturated heterocycles. The van der Waals surface area contributed by atoms with Crippen molar-refractivity contribution < 1.29 is 48.0 Å². The predicted molar refractivity (Wildman–Crippen MR) is 200 cm³/mol. The van der Waals surface area contributed by atoms with Crippen LogP contribution in [0.4, 0.5) is 0 Å². The van der Waals surface area contributed by atoms with Gasteiger partial charge in [-0.25, -0.2) is 4.79 Å². The normalized spacial score (nSPS) is 31.1. The summed E-state index contributed by atoms with van der Waals surface area (Å²) in [6.07, 6.45) is 8.18. The number of esters is 2. The maximum Gasteiger partial charge on any atom is 0.338 e. The SMILES string of the molecule is CC(C)(C)OC(=O)CC[C@@H](CO)NC(=O)CCNC(=O)C1=C[C@H]2OCO[C@H]2[C@H](OC(=O)c2cccc(C=C3CCC4O[C@]4(C)CC[C@@H]4[C@@H]3CC4(C)C)c2)C1. The molecule has 12 nitrogen and oxygen atoms in total. The molecule has 1 aromatic rings. The molecule has 3 N–H and O–H groups in total. The Hall–Kier alpha value is -3.58. The van der Waals surface area contributed by atoms with Gasteiger partial charge in [-0.2, -0.15) is 0 Å². The highest BCUT2D eigenvalue weighted by Gasteiger charge is 2.56. The highest BCUT2D eigenvalue weighted by Crippen LogP contribution is 2.59. The van der Waals surface area contributed by atoms with Crippen LogP contribution in [0.15, 0.2) is 41.5 Å². The van der Waals surface area contributed by atoms with Crippen LogP contribution in [0.3, 0.4) is 0 Å². The molecule has 5 aliphatic rings. The van der Waals surface area contributed by atoms with Gasteiger partial charge in [0.15, 0.2) is 0 Å². The number of ether oxygens (including phenoxy) is 5. The minimum Gasteiger partial charge on any atom is -0.460 e. The van der Waals surface area contributed by atoms with Gasteiger partial charge in [-0.05, 0) is 107 Å². The zero-order valence-corrected chi connectivity index (χ0v) is 32.6. The Bertz CT molecular complexity index is 1640. The summed E-state index contributed by atoms with van der Waals surface area (Å²) in [5.74, 6) is -0.548. The topological polar surface area (TPSA) is 162 Å². The van der Waals surface area contributed by atoms with E-state index in [4.69, 9.17) is 23.7 Å². The number of rotatable bonds is 12. The Labute approximate surface area is 318 Å². The quantitative estimate of drug-likeness (QED) is 0.192. The van der Waals surface area contributed by atoms with Crippen molar-refractivity contribution in [3.05, 3.63) is 52.6 Å². The monoisotopic (exact) mass is 750 g/mol. The van der Waals surface area contributed by atoms with Crippen LogP contribution in [-0.4, -0.2) is 90.5 Å². The van der Waals surface area contributed by atoms with Crippen molar-refractivity contribution in [1.29, 1.82) is 0 Å². The van der Waals surface area contributed by atoms with Crippen molar-refractivity contribution in [1.82, 2.24) is 10.6 Å². The summed E-state index contributed by atoms with van der Waals surface area (Å²) in [5.41, 5.74) is 2.89. The lowest BCUT2D eigenvalue weighted by Crippen LogP contribution is -2.45. The predicted octanol–water partition coefficient (Wildman–Crippen LogP) is 5.17. The molecule has 12 heteroatoms. The molecule has 0 radical (unpaired) electrons. The molecule has 2 saturated carbocycles. The lowest BCUT2D eigenvalue weighted by Gasteiger charge is -2.53. The van der Waals surface area contributed by atoms with E-state index in [1.54, 1.807) is 32.9 Å². The Balaban J connectivity index is 1.02. The average molecular weight is 751 g/mol. The second-order valence-electron chi connectivity index (χ2n) is 17.5. The molecule has 4 fully saturated rings. The smallest absolute Gasteiger partial charge is 0.338 e. The van der Waals surface area contributed by atoms with Crippen LogP contribution in [0.5, 0.6) is 0 Å². The number of allylic oxidation sites excluding steroid dienone is 1. The number of carbonyl (C=O) groups is 4. The number of epoxide rings is 1. The van der Waals surface area contributed by atoms with Crippen LogP contribution in [0.25, 0.3) is 6.08 Å². The van der Waals surface area contributed by atoms with E-state index in [2.05, 4.69) is 37.5 Å². The average Bonchev–Trinajstić information content (AvgIpc) is 3.47. The van der Waals surface area contributed by atoms with Gasteiger partial charge >= 0.3 is 11.9 Å². The third-order valence-electron chi connectivity index (χ3n) is 11.8. The van der Waals surface area contributed by atoms with Gasteiger partial charge in [-0.15, -0.1) is 0 Å². The first-order valence-corrected chi connectivity index (χ1v) is 19.6. The highest BCUT2D eigenvalue weighted by molar-refractivity contribution is 5.94. The Morgan fingerprint density at radius 2 is 1.89 bits per heavy atom. The molecular formula is C42H58N2O10. The Kier molecular flexibility index (Phi) is 12.1. The van der Waals surface area contributed by atoms with Crippen molar-refractivity contribution in [3.8, 4) is 0 Å². The van der Waals surface area contributed by atoms with E-state index in [-0.39, 0.29) is 57.1 Å². The molecule has 3 aliphatic carbocycles. The summed E-state index contributed by atoms with van der Waals surface area (Å²) in [6, 6.07) is 6.89. The molecule has 296 valence electrons. The van der Waals surface area contributed by atoms with E-state index in [1.165, 1.54) is 5.57 Å². The van der Waals surface area contributed by atoms with Crippen LogP contribution in [0.1, 0.15) is 115 Å². The first-order valence-electron chi connectivity index (χ1n) is 19.6. The fraction of sp³-hybridized carbons (Fsp3) is 0.667. The number of aliphatic hydroxyl groups is 1. The van der Waals surface area contributed by atoms with E-state index < -0.39 is 47.8 Å². The fourth-order valence-corrected chi connectivity index (χ4v) is 8.70. The lowest BCUT2D eigenvalue weighted by molar-refractivity contribution is -0.155. The molecule has 0 bridgehead atoms. The number of benzene rings is 1. The van der Waals surface area contributed by atoms with Gasteiger partial charge in [0.2, 0.25) is 11.8 Å². The largest absolute Gasteiger partial charge is 0.460 e. The summed E-state index contributed by atoms with van der Waals surface area (Å²) >= 11 is 0. The third kappa shape index (κ3) is 9.80. The van der Waals surface area contributed by atoms with Crippen LogP contribution < -0.4 is 10.6 Å². The first-order chi connectivity index (χ1) is 25.5. The molecule has 0 spiro atoms. The molecular weight excluding hydrogens is 692 g/mol. The lowest BCUT2D eigenvalue weighted by atomic mass is 9.52. The number of amides is 2. The van der Waals surface area contributed by atoms with E-state index in [9.17, 15) is 24.3 Å². The molecule has 2 amide bonds. The number of nitrogens with one attached hydrogen (secondary N) is 2. The van der Waals surface area contributed by atoms with Crippen molar-refractivity contribution in [3.63, 3.8) is 0 Å². The molecule has 2 heterocycles. The summed E-state index contributed by atoms with van der Waals surface area (Å²) in [4.78, 5) is 51.4. The standard InChI is InChI=1S/C42H58N2O10/c1-40(2,3)54-36(47)13-11-29(23-45)44-35(46)15-17-43-38(48)28-20-32-37(51-24-50-32)33(21-28)52-39(49)27-9-7-8-25(19-27)18-26-10-12-34-42(6,53-34)16-14-31-30(26)22-41(31,4)5/h7-9,18-20,29-34,37,45H,10-17,21-24H2,1-6H3,(H,43,48)(H,44,46)/t29-,30+,31+,32+,33+,34?,37+,42+/m0/s1. The summed E-state index contributed by atoms with van der Waals surface area (Å²) in [5, 5.41) is 15.1. The van der Waals surface area contributed by atoms with Gasteiger partial charge in [0.05, 0.1) is 29.9 Å². The van der Waals surface area contributed by atoms with Crippen LogP contribution in [0.2, 0.25) is 0 Å². The van der Waals surface area contributed by atoms with E-state index in [0.29, 0.717) is 34.5 Å². The van der Waals surface area contributed by atoms with Crippen LogP contribution in [0, 0.1) is 17.3 Å². The number of hydrogen-bond donors (Lipinski definition) is 3. The fourth-order valence-electron chi connectivity index (χ4n) is 8.70. The maximum atomic E-state index is 13.6. The summed E-state index contributed by atoms with van der Waals surface area (Å²) in [6.45, 7) is 12.0. The van der Waals surface area contributed by atoms with Crippen molar-refractivity contribution in [2.24, 2.45) is 17.3 Å². The molecule has 0 aromatic heterocycles. The Morgan fingerprint density at radius 3 is 2.63 bits per heavy atom. The minimum absolute atomic E-state index is 0.0159. The summed E-state index contributed by atoms with van der Waals surface area (Å²) in [7, 11) is 0. The van der Waals surface area contributed by atoms with Crippen LogP contribution >= 0.6 is 0 Å². The zero-order valence-electron chi connectivity index (χ0n) is 32.6. The second kappa shape index (κ2) is 16.3.